The Labute approximate surface area is 113 Å². The molecule has 0 bridgehead atoms. The molecule has 19 heavy (non-hydrogen) atoms. The van der Waals surface area contributed by atoms with E-state index in [9.17, 15) is 9.90 Å². The molecule has 8 heteroatoms. The molecule has 1 heterocycles. The lowest BCUT2D eigenvalue weighted by Crippen LogP contribution is -2.24. The summed E-state index contributed by atoms with van der Waals surface area (Å²) in [5.74, 6) is 5.43. The van der Waals surface area contributed by atoms with Crippen LogP contribution in [-0.2, 0) is 4.79 Å². The highest BCUT2D eigenvalue weighted by Crippen LogP contribution is 2.29. The maximum absolute atomic E-state index is 10.4. The van der Waals surface area contributed by atoms with Gasteiger partial charge in [0, 0.05) is 5.75 Å². The molecule has 0 atom stereocenters. The highest BCUT2D eigenvalue weighted by Gasteiger charge is 2.15. The lowest BCUT2D eigenvalue weighted by molar-refractivity contribution is -0.301. The van der Waals surface area contributed by atoms with Crippen LogP contribution in [0.4, 0.5) is 0 Å². The largest absolute Gasteiger partial charge is 0.549 e. The van der Waals surface area contributed by atoms with Crippen LogP contribution in [0.2, 0.25) is 0 Å². The lowest BCUT2D eigenvalue weighted by Gasteiger charge is -2.07. The quantitative estimate of drug-likeness (QED) is 0.581. The number of hydrogen-bond donors (Lipinski definition) is 1. The first-order valence-electron chi connectivity index (χ1n) is 5.30. The molecule has 100 valence electrons. The van der Waals surface area contributed by atoms with Gasteiger partial charge in [-0.2, -0.15) is 0 Å². The summed E-state index contributed by atoms with van der Waals surface area (Å²) in [6, 6.07) is 7.21. The third kappa shape index (κ3) is 2.79. The van der Waals surface area contributed by atoms with Crippen LogP contribution in [0.1, 0.15) is 0 Å². The van der Waals surface area contributed by atoms with Gasteiger partial charge < -0.3 is 20.5 Å². The van der Waals surface area contributed by atoms with Gasteiger partial charge in [0.1, 0.15) is 5.75 Å². The number of nitrogens with two attached hydrogens (primary N) is 1. The molecule has 0 aliphatic carbocycles. The average molecular weight is 279 g/mol. The van der Waals surface area contributed by atoms with Crippen molar-refractivity contribution in [2.75, 3.05) is 18.7 Å². The summed E-state index contributed by atoms with van der Waals surface area (Å²) in [5.41, 5.74) is 0.681. The first-order chi connectivity index (χ1) is 9.13. The van der Waals surface area contributed by atoms with E-state index in [0.717, 1.165) is 11.8 Å². The Morgan fingerprint density at radius 2 is 2.21 bits per heavy atom. The topological polar surface area (TPSA) is 106 Å². The zero-order chi connectivity index (χ0) is 13.8. The third-order valence-corrected chi connectivity index (χ3v) is 3.25. The molecule has 0 unspecified atom stereocenters. The number of aromatic nitrogens is 3. The number of nitrogens with zero attached hydrogens (tertiary/aromatic N) is 3. The fourth-order valence-corrected chi connectivity index (χ4v) is 2.08. The first kappa shape index (κ1) is 13.2. The molecular formula is C11H11N4O3S-. The van der Waals surface area contributed by atoms with E-state index in [1.165, 1.54) is 4.68 Å². The summed E-state index contributed by atoms with van der Waals surface area (Å²) < 4.78 is 6.44. The second-order valence-electron chi connectivity index (χ2n) is 3.54. The van der Waals surface area contributed by atoms with Crippen LogP contribution >= 0.6 is 11.8 Å². The summed E-state index contributed by atoms with van der Waals surface area (Å²) in [6.45, 7) is 0. The highest BCUT2D eigenvalue weighted by atomic mass is 32.2. The Kier molecular flexibility index (Phi) is 3.91. The summed E-state index contributed by atoms with van der Waals surface area (Å²) >= 11 is 0.946. The molecule has 0 amide bonds. The molecule has 0 fully saturated rings. The SMILES string of the molecule is COc1ccccc1-c1nnc(SCC(=O)[O-])n1N. The van der Waals surface area contributed by atoms with Gasteiger partial charge in [0.05, 0.1) is 18.6 Å². The standard InChI is InChI=1S/C11H12N4O3S/c1-18-8-5-3-2-4-7(8)10-13-14-11(15(10)12)19-6-9(16)17/h2-5H,6,12H2,1H3,(H,16,17)/p-1. The number of methoxy groups -OCH3 is 1. The van der Waals surface area contributed by atoms with Gasteiger partial charge in [-0.05, 0) is 12.1 Å². The van der Waals surface area contributed by atoms with Crippen LogP contribution < -0.4 is 15.7 Å². The molecule has 0 radical (unpaired) electrons. The van der Waals surface area contributed by atoms with E-state index < -0.39 is 5.97 Å². The molecule has 0 spiro atoms. The van der Waals surface area contributed by atoms with Crippen molar-refractivity contribution in [1.82, 2.24) is 14.9 Å². The van der Waals surface area contributed by atoms with Gasteiger partial charge in [0.15, 0.2) is 5.82 Å². The highest BCUT2D eigenvalue weighted by molar-refractivity contribution is 7.99. The summed E-state index contributed by atoms with van der Waals surface area (Å²) in [5, 5.41) is 18.5. The van der Waals surface area contributed by atoms with Crippen LogP contribution in [0.3, 0.4) is 0 Å². The van der Waals surface area contributed by atoms with Crippen LogP contribution in [0.5, 0.6) is 5.75 Å². The van der Waals surface area contributed by atoms with Gasteiger partial charge >= 0.3 is 0 Å². The van der Waals surface area contributed by atoms with Crippen molar-refractivity contribution in [3.05, 3.63) is 24.3 Å². The summed E-state index contributed by atoms with van der Waals surface area (Å²) in [7, 11) is 1.54. The van der Waals surface area contributed by atoms with Crippen molar-refractivity contribution in [2.45, 2.75) is 5.16 Å². The van der Waals surface area contributed by atoms with Crippen molar-refractivity contribution >= 4 is 17.7 Å². The lowest BCUT2D eigenvalue weighted by atomic mass is 10.2. The maximum atomic E-state index is 10.4. The van der Waals surface area contributed by atoms with E-state index in [2.05, 4.69) is 10.2 Å². The van der Waals surface area contributed by atoms with Gasteiger partial charge in [-0.15, -0.1) is 10.2 Å². The molecule has 0 aliphatic heterocycles. The molecule has 0 saturated carbocycles. The molecule has 2 N–H and O–H groups in total. The van der Waals surface area contributed by atoms with Crippen LogP contribution in [0.15, 0.2) is 29.4 Å². The molecular weight excluding hydrogens is 268 g/mol. The van der Waals surface area contributed by atoms with Crippen LogP contribution in [-0.4, -0.2) is 33.7 Å². The molecule has 0 aliphatic rings. The number of aliphatic carboxylic acids is 1. The summed E-state index contributed by atoms with van der Waals surface area (Å²) in [4.78, 5) is 10.4. The number of nitrogen functional groups attached to an aromatic ring is 1. The number of carbonyl (C=O) groups is 1. The minimum Gasteiger partial charge on any atom is -0.549 e. The van der Waals surface area contributed by atoms with Crippen LogP contribution in [0, 0.1) is 0 Å². The number of carboxylic acids is 1. The van der Waals surface area contributed by atoms with Gasteiger partial charge in [-0.1, -0.05) is 23.9 Å². The monoisotopic (exact) mass is 279 g/mol. The molecule has 2 rings (SSSR count). The Balaban J connectivity index is 2.33. The number of carbonyl (C=O) groups excluding carboxylic acids is 1. The van der Waals surface area contributed by atoms with E-state index in [0.29, 0.717) is 22.3 Å². The number of thioether (sulfide) groups is 1. The van der Waals surface area contributed by atoms with Crippen molar-refractivity contribution in [2.24, 2.45) is 0 Å². The second-order valence-corrected chi connectivity index (χ2v) is 4.48. The van der Waals surface area contributed by atoms with Gasteiger partial charge in [-0.3, -0.25) is 0 Å². The van der Waals surface area contributed by atoms with Crippen molar-refractivity contribution in [3.63, 3.8) is 0 Å². The fraction of sp³-hybridized carbons (Fsp3) is 0.182. The predicted molar refractivity (Wildman–Crippen MR) is 67.9 cm³/mol. The minimum atomic E-state index is -1.19. The van der Waals surface area contributed by atoms with E-state index in [-0.39, 0.29) is 5.75 Å². The van der Waals surface area contributed by atoms with Crippen molar-refractivity contribution < 1.29 is 14.6 Å². The fourth-order valence-electron chi connectivity index (χ4n) is 1.51. The molecule has 1 aromatic carbocycles. The minimum absolute atomic E-state index is 0.235. The average Bonchev–Trinajstić information content (AvgIpc) is 2.77. The zero-order valence-corrected chi connectivity index (χ0v) is 10.9. The van der Waals surface area contributed by atoms with E-state index in [4.69, 9.17) is 10.6 Å². The first-order valence-corrected chi connectivity index (χ1v) is 6.28. The zero-order valence-electron chi connectivity index (χ0n) is 10.1. The van der Waals surface area contributed by atoms with Gasteiger partial charge in [0.2, 0.25) is 5.16 Å². The second kappa shape index (κ2) is 5.61. The van der Waals surface area contributed by atoms with Gasteiger partial charge in [0.25, 0.3) is 0 Å². The molecule has 7 nitrogen and oxygen atoms in total. The van der Waals surface area contributed by atoms with Gasteiger partial charge in [-0.25, -0.2) is 4.68 Å². The smallest absolute Gasteiger partial charge is 0.210 e. The summed E-state index contributed by atoms with van der Waals surface area (Å²) in [6.07, 6.45) is 0. The van der Waals surface area contributed by atoms with Crippen molar-refractivity contribution in [3.8, 4) is 17.1 Å². The van der Waals surface area contributed by atoms with E-state index >= 15 is 0 Å². The Hall–Kier alpha value is -2.22. The molecule has 0 saturated heterocycles. The molecule has 2 aromatic rings. The van der Waals surface area contributed by atoms with E-state index in [1.807, 2.05) is 12.1 Å². The number of para-hydroxylation sites is 1. The number of benzene rings is 1. The normalized spacial score (nSPS) is 10.4. The number of carboxylic acid groups (broad SMARTS) is 1. The third-order valence-electron chi connectivity index (χ3n) is 2.33. The predicted octanol–water partition coefficient (Wildman–Crippen LogP) is -0.491. The van der Waals surface area contributed by atoms with Crippen molar-refractivity contribution in [1.29, 1.82) is 0 Å². The van der Waals surface area contributed by atoms with E-state index in [1.54, 1.807) is 19.2 Å². The Morgan fingerprint density at radius 3 is 2.89 bits per heavy atom. The maximum Gasteiger partial charge on any atom is 0.210 e. The Bertz CT molecular complexity index is 599. The van der Waals surface area contributed by atoms with Crippen LogP contribution in [0.25, 0.3) is 11.4 Å². The Morgan fingerprint density at radius 1 is 1.47 bits per heavy atom. The number of rotatable bonds is 5. The number of hydrogen-bond acceptors (Lipinski definition) is 7. The molecule has 1 aromatic heterocycles. The number of ether oxygens (including phenoxy) is 1.